The number of carbonyl (C=O) groups excluding carboxylic acids is 1. The Morgan fingerprint density at radius 3 is 2.06 bits per heavy atom. The second kappa shape index (κ2) is 5.30. The zero-order valence-corrected chi connectivity index (χ0v) is 9.67. The van der Waals surface area contributed by atoms with E-state index in [0.29, 0.717) is 5.75 Å². The molecule has 2 aromatic rings. The summed E-state index contributed by atoms with van der Waals surface area (Å²) in [6, 6.07) is 18.7. The zero-order chi connectivity index (χ0) is 12.1. The topological polar surface area (TPSA) is 26.3 Å². The van der Waals surface area contributed by atoms with Crippen LogP contribution in [0.15, 0.2) is 60.7 Å². The second-order valence-electron chi connectivity index (χ2n) is 3.87. The molecule has 2 nitrogen and oxygen atoms in total. The highest BCUT2D eigenvalue weighted by molar-refractivity contribution is 5.79. The number of rotatable bonds is 3. The summed E-state index contributed by atoms with van der Waals surface area (Å²) in [7, 11) is 0. The Morgan fingerprint density at radius 1 is 0.941 bits per heavy atom. The molecule has 0 heterocycles. The van der Waals surface area contributed by atoms with Crippen molar-refractivity contribution in [2.75, 3.05) is 0 Å². The highest BCUT2D eigenvalue weighted by Gasteiger charge is 2.16. The molecule has 0 saturated heterocycles. The maximum absolute atomic E-state index is 11.9. The number of carbonyl (C=O) groups is 1. The average Bonchev–Trinajstić information content (AvgIpc) is 2.40. The summed E-state index contributed by atoms with van der Waals surface area (Å²) < 4.78 is 5.29. The van der Waals surface area contributed by atoms with Crippen molar-refractivity contribution in [1.82, 2.24) is 0 Å². The van der Waals surface area contributed by atoms with Gasteiger partial charge in [0.15, 0.2) is 0 Å². The van der Waals surface area contributed by atoms with E-state index in [9.17, 15) is 4.79 Å². The summed E-state index contributed by atoms with van der Waals surface area (Å²) in [5.74, 6) is 0.0964. The SMILES string of the molecule is CC(C(=O)Oc1ccccc1)c1ccccc1. The van der Waals surface area contributed by atoms with E-state index in [1.807, 2.05) is 55.5 Å². The van der Waals surface area contributed by atoms with Crippen molar-refractivity contribution in [3.05, 3.63) is 66.2 Å². The molecule has 0 aromatic heterocycles. The molecule has 2 aromatic carbocycles. The van der Waals surface area contributed by atoms with Crippen LogP contribution >= 0.6 is 0 Å². The summed E-state index contributed by atoms with van der Waals surface area (Å²) in [5.41, 5.74) is 0.966. The molecule has 0 bridgehead atoms. The van der Waals surface area contributed by atoms with Gasteiger partial charge in [0.25, 0.3) is 0 Å². The fourth-order valence-electron chi connectivity index (χ4n) is 1.57. The lowest BCUT2D eigenvalue weighted by molar-refractivity contribution is -0.135. The number of para-hydroxylation sites is 1. The minimum Gasteiger partial charge on any atom is -0.426 e. The standard InChI is InChI=1S/C15H14O2/c1-12(13-8-4-2-5-9-13)15(16)17-14-10-6-3-7-11-14/h2-12H,1H3. The van der Waals surface area contributed by atoms with Crippen molar-refractivity contribution >= 4 is 5.97 Å². The molecule has 0 amide bonds. The summed E-state index contributed by atoms with van der Waals surface area (Å²) in [6.45, 7) is 1.85. The van der Waals surface area contributed by atoms with E-state index in [1.165, 1.54) is 0 Å². The predicted octanol–water partition coefficient (Wildman–Crippen LogP) is 3.40. The number of benzene rings is 2. The fraction of sp³-hybridized carbons (Fsp3) is 0.133. The molecule has 1 unspecified atom stereocenters. The maximum atomic E-state index is 11.9. The van der Waals surface area contributed by atoms with E-state index < -0.39 is 0 Å². The highest BCUT2D eigenvalue weighted by atomic mass is 16.5. The van der Waals surface area contributed by atoms with Gasteiger partial charge in [-0.3, -0.25) is 4.79 Å². The van der Waals surface area contributed by atoms with Crippen LogP contribution < -0.4 is 4.74 Å². The van der Waals surface area contributed by atoms with Crippen LogP contribution in [0, 0.1) is 0 Å². The van der Waals surface area contributed by atoms with Gasteiger partial charge in [0, 0.05) is 0 Å². The van der Waals surface area contributed by atoms with Gasteiger partial charge in [-0.2, -0.15) is 0 Å². The van der Waals surface area contributed by atoms with Crippen LogP contribution in [0.3, 0.4) is 0 Å². The lowest BCUT2D eigenvalue weighted by Crippen LogP contribution is -2.16. The van der Waals surface area contributed by atoms with Gasteiger partial charge in [0.2, 0.25) is 0 Å². The minimum absolute atomic E-state index is 0.234. The lowest BCUT2D eigenvalue weighted by atomic mass is 10.0. The van der Waals surface area contributed by atoms with E-state index in [2.05, 4.69) is 0 Å². The zero-order valence-electron chi connectivity index (χ0n) is 9.67. The molecule has 1 atom stereocenters. The molecule has 17 heavy (non-hydrogen) atoms. The highest BCUT2D eigenvalue weighted by Crippen LogP contribution is 2.18. The molecule has 0 radical (unpaired) electrons. The van der Waals surface area contributed by atoms with E-state index in [0.717, 1.165) is 5.56 Å². The normalized spacial score (nSPS) is 11.8. The molecular formula is C15H14O2. The molecule has 86 valence electrons. The number of esters is 1. The Morgan fingerprint density at radius 2 is 1.47 bits per heavy atom. The van der Waals surface area contributed by atoms with Crippen LogP contribution in [0.5, 0.6) is 5.75 Å². The largest absolute Gasteiger partial charge is 0.426 e. The predicted molar refractivity (Wildman–Crippen MR) is 66.9 cm³/mol. The molecule has 2 heteroatoms. The first kappa shape index (κ1) is 11.4. The third-order valence-electron chi connectivity index (χ3n) is 2.61. The van der Waals surface area contributed by atoms with Crippen molar-refractivity contribution in [3.8, 4) is 5.75 Å². The van der Waals surface area contributed by atoms with Crippen LogP contribution in [-0.2, 0) is 4.79 Å². The van der Waals surface area contributed by atoms with Gasteiger partial charge < -0.3 is 4.74 Å². The summed E-state index contributed by atoms with van der Waals surface area (Å²) in [6.07, 6.45) is 0. The van der Waals surface area contributed by atoms with Gasteiger partial charge in [0.1, 0.15) is 5.75 Å². The van der Waals surface area contributed by atoms with Crippen LogP contribution in [-0.4, -0.2) is 5.97 Å². The van der Waals surface area contributed by atoms with Crippen LogP contribution in [0.4, 0.5) is 0 Å². The van der Waals surface area contributed by atoms with Gasteiger partial charge in [0.05, 0.1) is 5.92 Å². The van der Waals surface area contributed by atoms with E-state index in [4.69, 9.17) is 4.74 Å². The summed E-state index contributed by atoms with van der Waals surface area (Å²) in [5, 5.41) is 0. The van der Waals surface area contributed by atoms with Crippen molar-refractivity contribution in [3.63, 3.8) is 0 Å². The quantitative estimate of drug-likeness (QED) is 0.592. The van der Waals surface area contributed by atoms with E-state index >= 15 is 0 Å². The summed E-state index contributed by atoms with van der Waals surface area (Å²) in [4.78, 5) is 11.9. The Balaban J connectivity index is 2.06. The van der Waals surface area contributed by atoms with Gasteiger partial charge >= 0.3 is 5.97 Å². The van der Waals surface area contributed by atoms with Gasteiger partial charge in [-0.05, 0) is 24.6 Å². The third kappa shape index (κ3) is 2.94. The smallest absolute Gasteiger partial charge is 0.318 e. The van der Waals surface area contributed by atoms with Crippen molar-refractivity contribution in [2.45, 2.75) is 12.8 Å². The van der Waals surface area contributed by atoms with Crippen LogP contribution in [0.1, 0.15) is 18.4 Å². The Hall–Kier alpha value is -2.09. The Kier molecular flexibility index (Phi) is 3.55. The van der Waals surface area contributed by atoms with E-state index in [1.54, 1.807) is 12.1 Å². The number of hydrogen-bond acceptors (Lipinski definition) is 2. The second-order valence-corrected chi connectivity index (χ2v) is 3.87. The molecule has 0 aliphatic heterocycles. The molecule has 0 aliphatic carbocycles. The van der Waals surface area contributed by atoms with Crippen molar-refractivity contribution in [1.29, 1.82) is 0 Å². The number of ether oxygens (including phenoxy) is 1. The first-order valence-electron chi connectivity index (χ1n) is 5.59. The van der Waals surface area contributed by atoms with Gasteiger partial charge in [-0.25, -0.2) is 0 Å². The lowest BCUT2D eigenvalue weighted by Gasteiger charge is -2.11. The first-order chi connectivity index (χ1) is 8.27. The maximum Gasteiger partial charge on any atom is 0.318 e. The molecule has 0 saturated carbocycles. The number of hydrogen-bond donors (Lipinski definition) is 0. The van der Waals surface area contributed by atoms with Crippen LogP contribution in [0.25, 0.3) is 0 Å². The summed E-state index contributed by atoms with van der Waals surface area (Å²) >= 11 is 0. The van der Waals surface area contributed by atoms with Crippen molar-refractivity contribution in [2.24, 2.45) is 0 Å². The third-order valence-corrected chi connectivity index (χ3v) is 2.61. The van der Waals surface area contributed by atoms with Gasteiger partial charge in [-0.1, -0.05) is 48.5 Å². The monoisotopic (exact) mass is 226 g/mol. The molecule has 2 rings (SSSR count). The van der Waals surface area contributed by atoms with Gasteiger partial charge in [-0.15, -0.1) is 0 Å². The van der Waals surface area contributed by atoms with Crippen LogP contribution in [0.2, 0.25) is 0 Å². The molecule has 0 spiro atoms. The van der Waals surface area contributed by atoms with Crippen molar-refractivity contribution < 1.29 is 9.53 Å². The minimum atomic E-state index is -0.253. The molecule has 0 aliphatic rings. The Bertz CT molecular complexity index is 477. The molecule has 0 N–H and O–H groups in total. The molecular weight excluding hydrogens is 212 g/mol. The fourth-order valence-corrected chi connectivity index (χ4v) is 1.57. The molecule has 0 fully saturated rings. The first-order valence-corrected chi connectivity index (χ1v) is 5.59. The van der Waals surface area contributed by atoms with E-state index in [-0.39, 0.29) is 11.9 Å². The Labute approximate surface area is 101 Å². The average molecular weight is 226 g/mol.